The number of carboxylic acids is 1. The number of hydrogen-bond donors (Lipinski definition) is 6. The molecule has 0 bridgehead atoms. The summed E-state index contributed by atoms with van der Waals surface area (Å²) in [6, 6.07) is 12.4. The Morgan fingerprint density at radius 2 is 0.983 bits per heavy atom. The number of anilines is 2. The number of benzene rings is 4. The fourth-order valence-corrected chi connectivity index (χ4v) is 8.36. The number of azo groups is 3. The summed E-state index contributed by atoms with van der Waals surface area (Å²) in [5.41, 5.74) is 8.43. The van der Waals surface area contributed by atoms with Crippen LogP contribution in [0.25, 0.3) is 0 Å². The van der Waals surface area contributed by atoms with Crippen LogP contribution in [0.4, 0.5) is 45.5 Å². The van der Waals surface area contributed by atoms with Crippen molar-refractivity contribution in [3.8, 4) is 0 Å². The van der Waals surface area contributed by atoms with E-state index in [1.54, 1.807) is 0 Å². The number of hydrogen-bond acceptors (Lipinski definition) is 21. The van der Waals surface area contributed by atoms with Gasteiger partial charge < -0.3 is 16.6 Å². The molecular formula is C30H30N8O17S5. The highest BCUT2D eigenvalue weighted by atomic mass is 32.3. The molecule has 0 unspecified atom stereocenters. The van der Waals surface area contributed by atoms with Gasteiger partial charge in [-0.15, -0.1) is 20.5 Å². The van der Waals surface area contributed by atoms with Crippen molar-refractivity contribution >= 4 is 102 Å². The molecule has 0 saturated heterocycles. The minimum absolute atomic E-state index is 0.0485. The average Bonchev–Trinajstić information content (AvgIpc) is 3.12. The van der Waals surface area contributed by atoms with E-state index in [1.165, 1.54) is 13.0 Å². The van der Waals surface area contributed by atoms with Crippen LogP contribution in [-0.2, 0) is 59.0 Å². The highest BCUT2D eigenvalue weighted by molar-refractivity contribution is 7.91. The molecule has 4 aromatic rings. The van der Waals surface area contributed by atoms with Crippen LogP contribution in [0, 0.1) is 6.92 Å². The Morgan fingerprint density at radius 3 is 1.37 bits per heavy atom. The van der Waals surface area contributed by atoms with E-state index in [2.05, 4.69) is 39.1 Å². The Labute approximate surface area is 341 Å². The van der Waals surface area contributed by atoms with Crippen molar-refractivity contribution in [2.45, 2.75) is 21.6 Å². The van der Waals surface area contributed by atoms with Gasteiger partial charge in [-0.25, -0.2) is 30.0 Å². The second kappa shape index (κ2) is 18.3. The van der Waals surface area contributed by atoms with E-state index in [1.807, 2.05) is 0 Å². The predicted octanol–water partition coefficient (Wildman–Crippen LogP) is 4.54. The zero-order chi connectivity index (χ0) is 44.8. The van der Waals surface area contributed by atoms with Crippen LogP contribution in [0.15, 0.2) is 112 Å². The van der Waals surface area contributed by atoms with Crippen molar-refractivity contribution in [1.82, 2.24) is 0 Å². The first kappa shape index (κ1) is 47.0. The number of carboxylic acid groups (broad SMARTS) is 1. The summed E-state index contributed by atoms with van der Waals surface area (Å²) < 4.78 is 153. The van der Waals surface area contributed by atoms with E-state index in [-0.39, 0.29) is 21.2 Å². The number of nitrogens with zero attached hydrogens (tertiary/aromatic N) is 6. The first-order valence-corrected chi connectivity index (χ1v) is 23.4. The maximum atomic E-state index is 12.7. The summed E-state index contributed by atoms with van der Waals surface area (Å²) in [4.78, 5) is 11.4. The molecule has 8 N–H and O–H groups in total. The van der Waals surface area contributed by atoms with Gasteiger partial charge in [-0.05, 0) is 73.2 Å². The second-order valence-electron chi connectivity index (χ2n) is 11.7. The van der Waals surface area contributed by atoms with Gasteiger partial charge in [0.25, 0.3) is 10.1 Å². The highest BCUT2D eigenvalue weighted by Gasteiger charge is 2.27. The van der Waals surface area contributed by atoms with Crippen molar-refractivity contribution < 1.29 is 74.0 Å². The Bertz CT molecular complexity index is 2980. The van der Waals surface area contributed by atoms with Crippen molar-refractivity contribution in [3.63, 3.8) is 0 Å². The number of aryl methyl sites for hydroxylation is 1. The molecule has 0 heterocycles. The van der Waals surface area contributed by atoms with Crippen molar-refractivity contribution in [2.75, 3.05) is 36.2 Å². The first-order chi connectivity index (χ1) is 27.7. The molecule has 0 spiro atoms. The van der Waals surface area contributed by atoms with E-state index in [4.69, 9.17) is 20.6 Å². The van der Waals surface area contributed by atoms with Gasteiger partial charge in [0, 0.05) is 0 Å². The van der Waals surface area contributed by atoms with E-state index in [0.717, 1.165) is 60.7 Å². The van der Waals surface area contributed by atoms with E-state index in [9.17, 15) is 56.5 Å². The number of nitrogens with two attached hydrogens (primary N) is 2. The minimum atomic E-state index is -4.90. The average molecular weight is 935 g/mol. The monoisotopic (exact) mass is 934 g/mol. The largest absolute Gasteiger partial charge is 0.478 e. The van der Waals surface area contributed by atoms with Gasteiger partial charge in [0.05, 0.1) is 57.3 Å². The van der Waals surface area contributed by atoms with Crippen LogP contribution in [0.2, 0.25) is 0 Å². The molecule has 0 atom stereocenters. The maximum Gasteiger partial charge on any atom is 0.397 e. The standard InChI is InChI=1S/C30H30N8O17S5/c1-17-2-11-22(23(16-17)58(45,46)47)35-37-28-24(30(39)40)27(36-33-18-3-7-20(8-4-18)56(41,42)14-12-54-59(48,49)50)25(31)29(26(28)32)38-34-19-5-9-21(10-6-19)57(43,44)15-13-55-60(51,52)53/h2-11,16H,12-15,31-32H2,1H3,(H,39,40)(H,45,46,47)(H,48,49,50)(H,51,52,53). The number of carbonyl (C=O) groups is 1. The molecule has 4 aromatic carbocycles. The zero-order valence-corrected chi connectivity index (χ0v) is 34.2. The summed E-state index contributed by atoms with van der Waals surface area (Å²) in [5.74, 6) is -3.46. The Balaban J connectivity index is 1.82. The lowest BCUT2D eigenvalue weighted by Gasteiger charge is -2.13. The molecule has 0 aliphatic rings. The van der Waals surface area contributed by atoms with Crippen LogP contribution >= 0.6 is 0 Å². The topological polar surface area (TPSA) is 413 Å². The Hall–Kier alpha value is -5.70. The molecular weight excluding hydrogens is 905 g/mol. The number of aromatic carboxylic acids is 1. The molecule has 25 nitrogen and oxygen atoms in total. The van der Waals surface area contributed by atoms with Crippen LogP contribution in [0.3, 0.4) is 0 Å². The number of rotatable bonds is 18. The minimum Gasteiger partial charge on any atom is -0.478 e. The van der Waals surface area contributed by atoms with Gasteiger partial charge >= 0.3 is 26.8 Å². The van der Waals surface area contributed by atoms with Crippen LogP contribution in [-0.4, -0.2) is 91.5 Å². The second-order valence-corrected chi connectivity index (χ2v) is 19.5. The lowest BCUT2D eigenvalue weighted by molar-refractivity contribution is 0.0698. The number of nitrogen functional groups attached to an aromatic ring is 2. The van der Waals surface area contributed by atoms with E-state index < -0.39 is 126 Å². The molecule has 4 rings (SSSR count). The summed E-state index contributed by atoms with van der Waals surface area (Å²) in [7, 11) is -23.0. The molecule has 0 fully saturated rings. The highest BCUT2D eigenvalue weighted by Crippen LogP contribution is 2.49. The van der Waals surface area contributed by atoms with Crippen LogP contribution in [0.5, 0.6) is 0 Å². The smallest absolute Gasteiger partial charge is 0.397 e. The van der Waals surface area contributed by atoms with Crippen molar-refractivity contribution in [2.24, 2.45) is 30.7 Å². The quantitative estimate of drug-likeness (QED) is 0.0453. The lowest BCUT2D eigenvalue weighted by Crippen LogP contribution is -2.15. The Kier molecular flexibility index (Phi) is 14.3. The molecule has 0 radical (unpaired) electrons. The molecule has 30 heteroatoms. The van der Waals surface area contributed by atoms with Crippen molar-refractivity contribution in [1.29, 1.82) is 0 Å². The lowest BCUT2D eigenvalue weighted by atomic mass is 10.1. The SMILES string of the molecule is Cc1ccc(N=Nc2c(N)c(N=Nc3ccc(S(=O)(=O)CCOS(=O)(=O)O)cc3)c(N)c(N=Nc3ccc(S(=O)(=O)CCOS(=O)(=O)O)cc3)c2C(=O)O)c(S(=O)(=O)O)c1. The van der Waals surface area contributed by atoms with Gasteiger partial charge in [-0.3, -0.25) is 13.7 Å². The molecule has 0 amide bonds. The fourth-order valence-electron chi connectivity index (χ4n) is 4.67. The normalized spacial score (nSPS) is 13.1. The molecule has 60 heavy (non-hydrogen) atoms. The maximum absolute atomic E-state index is 12.7. The molecule has 0 aliphatic heterocycles. The third kappa shape index (κ3) is 12.7. The fraction of sp³-hybridized carbons (Fsp3) is 0.167. The van der Waals surface area contributed by atoms with Crippen molar-refractivity contribution in [3.05, 3.63) is 77.9 Å². The summed E-state index contributed by atoms with van der Waals surface area (Å²) in [5, 5.41) is 33.7. The summed E-state index contributed by atoms with van der Waals surface area (Å²) in [6.07, 6.45) is 0. The molecule has 0 aliphatic carbocycles. The van der Waals surface area contributed by atoms with Crippen LogP contribution < -0.4 is 11.5 Å². The zero-order valence-electron chi connectivity index (χ0n) is 30.2. The van der Waals surface area contributed by atoms with Crippen LogP contribution in [0.1, 0.15) is 15.9 Å². The third-order valence-electron chi connectivity index (χ3n) is 7.45. The van der Waals surface area contributed by atoms with Gasteiger partial charge in [-0.1, -0.05) is 6.07 Å². The van der Waals surface area contributed by atoms with Gasteiger partial charge in [0.2, 0.25) is 0 Å². The van der Waals surface area contributed by atoms with Gasteiger partial charge in [0.1, 0.15) is 33.2 Å². The first-order valence-electron chi connectivity index (χ1n) is 15.9. The summed E-state index contributed by atoms with van der Waals surface area (Å²) in [6.45, 7) is -0.281. The predicted molar refractivity (Wildman–Crippen MR) is 208 cm³/mol. The molecule has 0 saturated carbocycles. The number of sulfone groups is 2. The Morgan fingerprint density at radius 1 is 0.583 bits per heavy atom. The van der Waals surface area contributed by atoms with Gasteiger partial charge in [-0.2, -0.15) is 35.5 Å². The molecule has 322 valence electrons. The third-order valence-corrected chi connectivity index (χ3v) is 12.7. The van der Waals surface area contributed by atoms with E-state index >= 15 is 0 Å². The van der Waals surface area contributed by atoms with Gasteiger partial charge in [0.15, 0.2) is 19.7 Å². The van der Waals surface area contributed by atoms with E-state index in [0.29, 0.717) is 5.56 Å². The summed E-state index contributed by atoms with van der Waals surface area (Å²) >= 11 is 0. The molecule has 0 aromatic heterocycles.